The third-order valence-corrected chi connectivity index (χ3v) is 2.34. The molecule has 0 amide bonds. The van der Waals surface area contributed by atoms with Crippen LogP contribution in [0.1, 0.15) is 10.5 Å². The average Bonchev–Trinajstić information content (AvgIpc) is 2.73. The molecule has 0 spiro atoms. The van der Waals surface area contributed by atoms with Gasteiger partial charge in [0.05, 0.1) is 0 Å². The zero-order valence-corrected chi connectivity index (χ0v) is 9.45. The summed E-state index contributed by atoms with van der Waals surface area (Å²) in [6.07, 6.45) is 0. The average molecular weight is 265 g/mol. The van der Waals surface area contributed by atoms with E-state index in [2.05, 4.69) is 10.3 Å². The van der Waals surface area contributed by atoms with Crippen molar-refractivity contribution in [1.29, 1.82) is 0 Å². The molecule has 0 aliphatic rings. The SMILES string of the molecule is O=C(O)Cn1nnc(C(=O)O)c1-c1ccc(F)cc1. The van der Waals surface area contributed by atoms with Gasteiger partial charge in [-0.25, -0.2) is 13.9 Å². The van der Waals surface area contributed by atoms with E-state index in [0.717, 1.165) is 16.8 Å². The minimum Gasteiger partial charge on any atom is -0.480 e. The highest BCUT2D eigenvalue weighted by Crippen LogP contribution is 2.22. The molecule has 1 heterocycles. The van der Waals surface area contributed by atoms with Crippen LogP contribution in [0.3, 0.4) is 0 Å². The summed E-state index contributed by atoms with van der Waals surface area (Å²) >= 11 is 0. The zero-order valence-electron chi connectivity index (χ0n) is 9.45. The van der Waals surface area contributed by atoms with Crippen LogP contribution in [-0.4, -0.2) is 37.1 Å². The van der Waals surface area contributed by atoms with Gasteiger partial charge in [-0.3, -0.25) is 4.79 Å². The van der Waals surface area contributed by atoms with Gasteiger partial charge in [-0.15, -0.1) is 5.10 Å². The first-order chi connectivity index (χ1) is 8.99. The van der Waals surface area contributed by atoms with Crippen molar-refractivity contribution in [1.82, 2.24) is 15.0 Å². The minimum atomic E-state index is -1.34. The van der Waals surface area contributed by atoms with Crippen LogP contribution in [-0.2, 0) is 11.3 Å². The van der Waals surface area contributed by atoms with E-state index in [4.69, 9.17) is 10.2 Å². The van der Waals surface area contributed by atoms with Crippen LogP contribution in [0.25, 0.3) is 11.3 Å². The number of carbonyl (C=O) groups is 2. The number of hydrogen-bond donors (Lipinski definition) is 2. The van der Waals surface area contributed by atoms with Crippen LogP contribution >= 0.6 is 0 Å². The molecule has 8 heteroatoms. The van der Waals surface area contributed by atoms with Crippen LogP contribution in [0.2, 0.25) is 0 Å². The van der Waals surface area contributed by atoms with Gasteiger partial charge < -0.3 is 10.2 Å². The first kappa shape index (κ1) is 12.7. The van der Waals surface area contributed by atoms with E-state index >= 15 is 0 Å². The summed E-state index contributed by atoms with van der Waals surface area (Å²) in [6.45, 7) is -0.535. The van der Waals surface area contributed by atoms with Crippen molar-refractivity contribution in [2.75, 3.05) is 0 Å². The summed E-state index contributed by atoms with van der Waals surface area (Å²) in [5.74, 6) is -3.01. The number of carboxylic acids is 2. The smallest absolute Gasteiger partial charge is 0.358 e. The standard InChI is InChI=1S/C11H8FN3O4/c12-7-3-1-6(2-4-7)10-9(11(18)19)13-14-15(10)5-8(16)17/h1-4H,5H2,(H,16,17)(H,18,19). The molecule has 98 valence electrons. The molecule has 0 aliphatic heterocycles. The van der Waals surface area contributed by atoms with Crippen LogP contribution in [0.15, 0.2) is 24.3 Å². The number of carboxylic acid groups (broad SMARTS) is 2. The van der Waals surface area contributed by atoms with E-state index in [-0.39, 0.29) is 11.4 Å². The summed E-state index contributed by atoms with van der Waals surface area (Å²) in [4.78, 5) is 21.7. The fourth-order valence-electron chi connectivity index (χ4n) is 1.59. The monoisotopic (exact) mass is 265 g/mol. The van der Waals surface area contributed by atoms with Gasteiger partial charge in [0.1, 0.15) is 18.1 Å². The second-order valence-corrected chi connectivity index (χ2v) is 3.65. The summed E-state index contributed by atoms with van der Waals surface area (Å²) in [5.41, 5.74) is -0.0344. The van der Waals surface area contributed by atoms with Gasteiger partial charge in [-0.05, 0) is 24.3 Å². The second-order valence-electron chi connectivity index (χ2n) is 3.65. The van der Waals surface area contributed by atoms with Gasteiger partial charge in [0.25, 0.3) is 0 Å². The van der Waals surface area contributed by atoms with Crippen molar-refractivity contribution in [3.8, 4) is 11.3 Å². The Balaban J connectivity index is 2.57. The highest BCUT2D eigenvalue weighted by atomic mass is 19.1. The van der Waals surface area contributed by atoms with Gasteiger partial charge in [-0.2, -0.15) is 0 Å². The predicted octanol–water partition coefficient (Wildman–Crippen LogP) is 0.867. The molecule has 2 rings (SSSR count). The van der Waals surface area contributed by atoms with Crippen LogP contribution in [0.4, 0.5) is 4.39 Å². The maximum Gasteiger partial charge on any atom is 0.358 e. The molecule has 0 bridgehead atoms. The molecule has 2 aromatic rings. The third-order valence-electron chi connectivity index (χ3n) is 2.34. The molecular formula is C11H8FN3O4. The number of aliphatic carboxylic acids is 1. The third kappa shape index (κ3) is 2.57. The molecule has 2 N–H and O–H groups in total. The summed E-state index contributed by atoms with van der Waals surface area (Å²) in [7, 11) is 0. The Morgan fingerprint density at radius 1 is 1.21 bits per heavy atom. The van der Waals surface area contributed by atoms with Gasteiger partial charge in [0, 0.05) is 5.56 Å². The Hall–Kier alpha value is -2.77. The van der Waals surface area contributed by atoms with Gasteiger partial charge in [0.15, 0.2) is 5.69 Å². The highest BCUT2D eigenvalue weighted by Gasteiger charge is 2.21. The van der Waals surface area contributed by atoms with Crippen molar-refractivity contribution in [2.24, 2.45) is 0 Å². The van der Waals surface area contributed by atoms with Gasteiger partial charge >= 0.3 is 11.9 Å². The molecule has 0 aliphatic carbocycles. The van der Waals surface area contributed by atoms with Crippen molar-refractivity contribution in [3.63, 3.8) is 0 Å². The van der Waals surface area contributed by atoms with E-state index in [9.17, 15) is 14.0 Å². The lowest BCUT2D eigenvalue weighted by Gasteiger charge is -2.04. The van der Waals surface area contributed by atoms with Gasteiger partial charge in [-0.1, -0.05) is 5.21 Å². The molecular weight excluding hydrogens is 257 g/mol. The zero-order chi connectivity index (χ0) is 14.0. The molecule has 7 nitrogen and oxygen atoms in total. The largest absolute Gasteiger partial charge is 0.480 e. The Bertz CT molecular complexity index is 636. The summed E-state index contributed by atoms with van der Waals surface area (Å²) < 4.78 is 13.8. The minimum absolute atomic E-state index is 0.0231. The Labute approximate surface area is 105 Å². The lowest BCUT2D eigenvalue weighted by atomic mass is 10.1. The number of benzene rings is 1. The normalized spacial score (nSPS) is 10.4. The predicted molar refractivity (Wildman–Crippen MR) is 60.0 cm³/mol. The number of hydrogen-bond acceptors (Lipinski definition) is 4. The van der Waals surface area contributed by atoms with Crippen molar-refractivity contribution < 1.29 is 24.2 Å². The molecule has 1 aromatic heterocycles. The maximum absolute atomic E-state index is 12.8. The molecule has 0 fully saturated rings. The van der Waals surface area contributed by atoms with E-state index in [1.807, 2.05) is 0 Å². The highest BCUT2D eigenvalue weighted by molar-refractivity contribution is 5.92. The van der Waals surface area contributed by atoms with Crippen LogP contribution in [0, 0.1) is 5.82 Å². The topological polar surface area (TPSA) is 105 Å². The fourth-order valence-corrected chi connectivity index (χ4v) is 1.59. The lowest BCUT2D eigenvalue weighted by Crippen LogP contribution is -2.12. The van der Waals surface area contributed by atoms with E-state index in [1.54, 1.807) is 0 Å². The summed E-state index contributed by atoms with van der Waals surface area (Å²) in [6, 6.07) is 4.94. The quantitative estimate of drug-likeness (QED) is 0.849. The van der Waals surface area contributed by atoms with Crippen molar-refractivity contribution >= 4 is 11.9 Å². The first-order valence-electron chi connectivity index (χ1n) is 5.13. The molecule has 0 radical (unpaired) electrons. The maximum atomic E-state index is 12.8. The molecule has 1 aromatic carbocycles. The van der Waals surface area contributed by atoms with Crippen LogP contribution < -0.4 is 0 Å². The number of aromatic nitrogens is 3. The summed E-state index contributed by atoms with van der Waals surface area (Å²) in [5, 5.41) is 24.6. The van der Waals surface area contributed by atoms with Crippen molar-refractivity contribution in [2.45, 2.75) is 6.54 Å². The molecule has 19 heavy (non-hydrogen) atoms. The second kappa shape index (κ2) is 4.84. The fraction of sp³-hybridized carbons (Fsp3) is 0.0909. The number of nitrogens with zero attached hydrogens (tertiary/aromatic N) is 3. The number of aromatic carboxylic acids is 1. The lowest BCUT2D eigenvalue weighted by molar-refractivity contribution is -0.137. The number of halogens is 1. The van der Waals surface area contributed by atoms with E-state index in [1.165, 1.54) is 12.1 Å². The Morgan fingerprint density at radius 3 is 2.37 bits per heavy atom. The first-order valence-corrected chi connectivity index (χ1v) is 5.13. The molecule has 0 atom stereocenters. The molecule has 0 saturated heterocycles. The Morgan fingerprint density at radius 2 is 1.84 bits per heavy atom. The molecule has 0 unspecified atom stereocenters. The van der Waals surface area contributed by atoms with Crippen molar-refractivity contribution in [3.05, 3.63) is 35.8 Å². The van der Waals surface area contributed by atoms with Crippen LogP contribution in [0.5, 0.6) is 0 Å². The van der Waals surface area contributed by atoms with E-state index in [0.29, 0.717) is 5.56 Å². The number of rotatable bonds is 4. The van der Waals surface area contributed by atoms with E-state index < -0.39 is 24.3 Å². The Kier molecular flexibility index (Phi) is 3.23. The molecule has 0 saturated carbocycles. The van der Waals surface area contributed by atoms with Gasteiger partial charge in [0.2, 0.25) is 0 Å².